The fraction of sp³-hybridized carbons (Fsp3) is 0.483. The molecule has 1 aliphatic heterocycles. The topological polar surface area (TPSA) is 76.0 Å². The van der Waals surface area contributed by atoms with Crippen molar-refractivity contribution in [2.75, 3.05) is 7.11 Å². The highest BCUT2D eigenvalue weighted by atomic mass is 16.5. The molecule has 0 saturated carbocycles. The van der Waals surface area contributed by atoms with E-state index in [-0.39, 0.29) is 12.0 Å². The van der Waals surface area contributed by atoms with Crippen molar-refractivity contribution < 1.29 is 24.5 Å². The molecule has 34 heavy (non-hydrogen) atoms. The molecule has 0 aromatic rings. The fourth-order valence-corrected chi connectivity index (χ4v) is 3.30. The number of ether oxygens (including phenoxy) is 2. The Kier molecular flexibility index (Phi) is 14.8. The van der Waals surface area contributed by atoms with Gasteiger partial charge in [0.15, 0.2) is 0 Å². The molecular weight excluding hydrogens is 428 g/mol. The van der Waals surface area contributed by atoms with Gasteiger partial charge in [-0.05, 0) is 31.8 Å². The number of aliphatic hydroxyl groups excluding tert-OH is 2. The van der Waals surface area contributed by atoms with E-state index < -0.39 is 24.3 Å². The Morgan fingerprint density at radius 2 is 1.79 bits per heavy atom. The van der Waals surface area contributed by atoms with Gasteiger partial charge < -0.3 is 19.7 Å². The van der Waals surface area contributed by atoms with Crippen molar-refractivity contribution in [3.05, 3.63) is 84.6 Å². The third-order valence-corrected chi connectivity index (χ3v) is 5.50. The summed E-state index contributed by atoms with van der Waals surface area (Å²) in [7, 11) is 1.50. The van der Waals surface area contributed by atoms with Gasteiger partial charge in [-0.15, -0.1) is 0 Å². The van der Waals surface area contributed by atoms with Crippen molar-refractivity contribution in [2.45, 2.75) is 71.4 Å². The van der Waals surface area contributed by atoms with Gasteiger partial charge in [0.1, 0.15) is 18.3 Å². The van der Waals surface area contributed by atoms with Crippen LogP contribution in [0.15, 0.2) is 84.6 Å². The van der Waals surface area contributed by atoms with Gasteiger partial charge in [-0.1, -0.05) is 93.2 Å². The summed E-state index contributed by atoms with van der Waals surface area (Å²) in [5.74, 6) is -0.314. The SMILES string of the molecule is CC/C=C/C1CC=CC=CC(OC)C(O)C(O)C(C)C=CCC(C)C=CC=C(C)C=CC(=O)O1. The van der Waals surface area contributed by atoms with Crippen molar-refractivity contribution in [3.63, 3.8) is 0 Å². The molecule has 0 saturated heterocycles. The van der Waals surface area contributed by atoms with Crippen LogP contribution in [0.25, 0.3) is 0 Å². The lowest BCUT2D eigenvalue weighted by Gasteiger charge is -2.26. The van der Waals surface area contributed by atoms with Crippen LogP contribution in [0.5, 0.6) is 0 Å². The molecule has 1 rings (SSSR count). The lowest BCUT2D eigenvalue weighted by Crippen LogP contribution is -2.40. The molecule has 1 aliphatic rings. The van der Waals surface area contributed by atoms with E-state index in [4.69, 9.17) is 9.47 Å². The molecule has 2 N–H and O–H groups in total. The molecule has 0 radical (unpaired) electrons. The smallest absolute Gasteiger partial charge is 0.331 e. The highest BCUT2D eigenvalue weighted by Gasteiger charge is 2.27. The van der Waals surface area contributed by atoms with E-state index in [9.17, 15) is 15.0 Å². The summed E-state index contributed by atoms with van der Waals surface area (Å²) in [5, 5.41) is 21.2. The first-order valence-corrected chi connectivity index (χ1v) is 12.1. The van der Waals surface area contributed by atoms with Crippen molar-refractivity contribution in [2.24, 2.45) is 11.8 Å². The van der Waals surface area contributed by atoms with Gasteiger partial charge in [-0.25, -0.2) is 4.79 Å². The van der Waals surface area contributed by atoms with Crippen LogP contribution in [0.1, 0.15) is 47.0 Å². The maximum Gasteiger partial charge on any atom is 0.331 e. The second kappa shape index (κ2) is 17.0. The van der Waals surface area contributed by atoms with E-state index in [1.54, 1.807) is 18.2 Å². The first kappa shape index (κ1) is 29.6. The Morgan fingerprint density at radius 1 is 1.03 bits per heavy atom. The summed E-state index contributed by atoms with van der Waals surface area (Å²) in [4.78, 5) is 12.3. The zero-order valence-electron chi connectivity index (χ0n) is 21.2. The summed E-state index contributed by atoms with van der Waals surface area (Å²) in [6.45, 7) is 7.94. The predicted octanol–water partition coefficient (Wildman–Crippen LogP) is 5.39. The Bertz CT molecular complexity index is 799. The van der Waals surface area contributed by atoms with Gasteiger partial charge in [0, 0.05) is 25.5 Å². The van der Waals surface area contributed by atoms with Crippen LogP contribution in [-0.4, -0.2) is 47.7 Å². The first-order valence-electron chi connectivity index (χ1n) is 12.1. The van der Waals surface area contributed by atoms with Crippen LogP contribution < -0.4 is 0 Å². The molecule has 0 amide bonds. The summed E-state index contributed by atoms with van der Waals surface area (Å²) >= 11 is 0. The lowest BCUT2D eigenvalue weighted by atomic mass is 9.94. The van der Waals surface area contributed by atoms with E-state index >= 15 is 0 Å². The second-order valence-electron chi connectivity index (χ2n) is 8.67. The number of allylic oxidation sites excluding steroid dienone is 9. The maximum atomic E-state index is 12.3. The molecule has 0 bridgehead atoms. The summed E-state index contributed by atoms with van der Waals surface area (Å²) in [6, 6.07) is 0. The number of carbonyl (C=O) groups excluding carboxylic acids is 1. The monoisotopic (exact) mass is 470 g/mol. The Labute approximate surface area is 205 Å². The standard InChI is InChI=1S/C29H42O5/c1-6-7-17-25-18-9-8-10-19-26(33-5)29(32)28(31)24(4)16-12-15-22(2)13-11-14-23(3)20-21-27(30)34-25/h7-14,16-17,19-22,24-26,28-29,31-32H,6,15,18H2,1-5H3/b9-8?,13-11?,16-12?,17-7+,19-10?,21-20?,23-14?. The van der Waals surface area contributed by atoms with Crippen molar-refractivity contribution in [1.82, 2.24) is 0 Å². The van der Waals surface area contributed by atoms with Gasteiger partial charge in [0.05, 0.1) is 6.10 Å². The Balaban J connectivity index is 3.12. The Hall–Kier alpha value is -2.47. The molecule has 0 spiro atoms. The highest BCUT2D eigenvalue weighted by Crippen LogP contribution is 2.16. The molecule has 5 nitrogen and oxygen atoms in total. The fourth-order valence-electron chi connectivity index (χ4n) is 3.30. The number of esters is 1. The third kappa shape index (κ3) is 12.1. The molecule has 6 unspecified atom stereocenters. The van der Waals surface area contributed by atoms with E-state index in [0.717, 1.165) is 18.4 Å². The van der Waals surface area contributed by atoms with Crippen LogP contribution in [0.3, 0.4) is 0 Å². The van der Waals surface area contributed by atoms with Crippen LogP contribution in [0, 0.1) is 11.8 Å². The van der Waals surface area contributed by atoms with Crippen molar-refractivity contribution in [3.8, 4) is 0 Å². The van der Waals surface area contributed by atoms with Gasteiger partial charge in [0.2, 0.25) is 0 Å². The van der Waals surface area contributed by atoms with Crippen LogP contribution >= 0.6 is 0 Å². The highest BCUT2D eigenvalue weighted by molar-refractivity contribution is 5.82. The largest absolute Gasteiger partial charge is 0.455 e. The number of methoxy groups -OCH3 is 1. The number of cyclic esters (lactones) is 1. The zero-order chi connectivity index (χ0) is 25.3. The normalized spacial score (nSPS) is 30.6. The molecule has 188 valence electrons. The minimum atomic E-state index is -1.06. The minimum Gasteiger partial charge on any atom is -0.455 e. The zero-order valence-corrected chi connectivity index (χ0v) is 21.2. The number of carbonyl (C=O) groups is 1. The molecule has 1 heterocycles. The number of hydrogen-bond donors (Lipinski definition) is 2. The van der Waals surface area contributed by atoms with Gasteiger partial charge >= 0.3 is 5.97 Å². The average Bonchev–Trinajstić information content (AvgIpc) is 2.81. The maximum absolute atomic E-state index is 12.3. The quantitative estimate of drug-likeness (QED) is 0.427. The summed E-state index contributed by atoms with van der Waals surface area (Å²) in [6.07, 6.45) is 23.3. The molecule has 0 aromatic carbocycles. The van der Waals surface area contributed by atoms with E-state index in [2.05, 4.69) is 13.0 Å². The molecule has 0 aromatic heterocycles. The second-order valence-corrected chi connectivity index (χ2v) is 8.67. The van der Waals surface area contributed by atoms with Gasteiger partial charge in [0.25, 0.3) is 0 Å². The molecule has 5 heteroatoms. The molecule has 0 aliphatic carbocycles. The third-order valence-electron chi connectivity index (χ3n) is 5.50. The number of aliphatic hydroxyl groups is 2. The molecular formula is C29H42O5. The summed E-state index contributed by atoms with van der Waals surface area (Å²) in [5.41, 5.74) is 0.946. The number of rotatable bonds is 3. The van der Waals surface area contributed by atoms with Crippen molar-refractivity contribution in [1.29, 1.82) is 0 Å². The number of hydrogen-bond acceptors (Lipinski definition) is 5. The minimum absolute atomic E-state index is 0.223. The van der Waals surface area contributed by atoms with Crippen LogP contribution in [0.4, 0.5) is 0 Å². The first-order chi connectivity index (χ1) is 16.3. The van der Waals surface area contributed by atoms with Gasteiger partial charge in [-0.3, -0.25) is 0 Å². The Morgan fingerprint density at radius 3 is 2.50 bits per heavy atom. The van der Waals surface area contributed by atoms with Crippen molar-refractivity contribution >= 4 is 5.97 Å². The van der Waals surface area contributed by atoms with E-state index in [1.807, 2.05) is 69.4 Å². The summed E-state index contributed by atoms with van der Waals surface area (Å²) < 4.78 is 11.0. The van der Waals surface area contributed by atoms with Crippen LogP contribution in [-0.2, 0) is 14.3 Å². The lowest BCUT2D eigenvalue weighted by molar-refractivity contribution is -0.140. The average molecular weight is 471 g/mol. The van der Waals surface area contributed by atoms with E-state index in [0.29, 0.717) is 12.3 Å². The predicted molar refractivity (Wildman–Crippen MR) is 139 cm³/mol. The van der Waals surface area contributed by atoms with Gasteiger partial charge in [-0.2, -0.15) is 0 Å². The molecule has 6 atom stereocenters. The van der Waals surface area contributed by atoms with E-state index in [1.165, 1.54) is 13.2 Å². The molecule has 0 fully saturated rings. The van der Waals surface area contributed by atoms with Crippen LogP contribution in [0.2, 0.25) is 0 Å².